The lowest BCUT2D eigenvalue weighted by Gasteiger charge is -2.34. The van der Waals surface area contributed by atoms with Crippen LogP contribution in [0.4, 0.5) is 0 Å². The van der Waals surface area contributed by atoms with Crippen molar-refractivity contribution in [3.63, 3.8) is 0 Å². The van der Waals surface area contributed by atoms with Crippen molar-refractivity contribution in [3.05, 3.63) is 94.1 Å². The summed E-state index contributed by atoms with van der Waals surface area (Å²) in [6.07, 6.45) is 0. The third kappa shape index (κ3) is 4.50. The van der Waals surface area contributed by atoms with Crippen LogP contribution >= 0.6 is 0 Å². The molecule has 0 amide bonds. The first kappa shape index (κ1) is 21.6. The number of nitrogens with zero attached hydrogens (tertiary/aromatic N) is 2. The Bertz CT molecular complexity index is 1320. The Balaban J connectivity index is 1.45. The van der Waals surface area contributed by atoms with Gasteiger partial charge in [0, 0.05) is 44.4 Å². The molecule has 3 aromatic carbocycles. The van der Waals surface area contributed by atoms with Gasteiger partial charge in [-0.3, -0.25) is 9.69 Å². The first-order valence-electron chi connectivity index (χ1n) is 11.8. The van der Waals surface area contributed by atoms with Crippen LogP contribution in [0.5, 0.6) is 0 Å². The highest BCUT2D eigenvalue weighted by Gasteiger charge is 2.17. The summed E-state index contributed by atoms with van der Waals surface area (Å²) in [6, 6.07) is 24.2. The first-order chi connectivity index (χ1) is 16.1. The van der Waals surface area contributed by atoms with E-state index in [1.807, 2.05) is 42.5 Å². The molecule has 0 saturated carbocycles. The van der Waals surface area contributed by atoms with Crippen molar-refractivity contribution < 1.29 is 4.42 Å². The van der Waals surface area contributed by atoms with E-state index in [-0.39, 0.29) is 5.43 Å². The zero-order chi connectivity index (χ0) is 22.8. The van der Waals surface area contributed by atoms with E-state index in [1.165, 1.54) is 0 Å². The van der Waals surface area contributed by atoms with Crippen molar-refractivity contribution >= 4 is 11.0 Å². The molecule has 0 radical (unpaired) electrons. The van der Waals surface area contributed by atoms with Gasteiger partial charge in [-0.15, -0.1) is 0 Å². The molecule has 0 atom stereocenters. The number of fused-ring (bicyclic) bond motifs is 1. The Hall–Kier alpha value is -3.21. The Morgan fingerprint density at radius 2 is 1.55 bits per heavy atom. The van der Waals surface area contributed by atoms with E-state index in [4.69, 9.17) is 4.42 Å². The molecule has 5 rings (SSSR count). The molecule has 0 bridgehead atoms. The highest BCUT2D eigenvalue weighted by atomic mass is 16.3. The fraction of sp³-hybridized carbons (Fsp3) is 0.276. The van der Waals surface area contributed by atoms with Crippen LogP contribution < -0.4 is 5.43 Å². The van der Waals surface area contributed by atoms with Gasteiger partial charge in [-0.25, -0.2) is 0 Å². The fourth-order valence-corrected chi connectivity index (χ4v) is 4.79. The second-order valence-electron chi connectivity index (χ2n) is 8.86. The molecule has 1 fully saturated rings. The molecule has 2 heterocycles. The summed E-state index contributed by atoms with van der Waals surface area (Å²) in [4.78, 5) is 18.0. The number of piperazine rings is 1. The van der Waals surface area contributed by atoms with E-state index < -0.39 is 0 Å². The van der Waals surface area contributed by atoms with E-state index in [0.717, 1.165) is 67.1 Å². The molecule has 1 saturated heterocycles. The molecule has 1 aliphatic rings. The van der Waals surface area contributed by atoms with Crippen LogP contribution in [0.15, 0.2) is 82.0 Å². The fourth-order valence-electron chi connectivity index (χ4n) is 4.79. The molecule has 1 aliphatic heterocycles. The first-order valence-corrected chi connectivity index (χ1v) is 11.8. The molecule has 168 valence electrons. The molecule has 0 aliphatic carbocycles. The lowest BCUT2D eigenvalue weighted by atomic mass is 9.95. The summed E-state index contributed by atoms with van der Waals surface area (Å²) in [5.74, 6) is 0.617. The zero-order valence-corrected chi connectivity index (χ0v) is 19.4. The highest BCUT2D eigenvalue weighted by molar-refractivity contribution is 5.81. The smallest absolute Gasteiger partial charge is 0.193 e. The van der Waals surface area contributed by atoms with Gasteiger partial charge < -0.3 is 9.32 Å². The Morgan fingerprint density at radius 1 is 0.818 bits per heavy atom. The Morgan fingerprint density at radius 3 is 2.30 bits per heavy atom. The van der Waals surface area contributed by atoms with Crippen LogP contribution in [-0.4, -0.2) is 42.5 Å². The average Bonchev–Trinajstić information content (AvgIpc) is 2.85. The predicted molar refractivity (Wildman–Crippen MR) is 135 cm³/mol. The number of hydrogen-bond acceptors (Lipinski definition) is 4. The molecular formula is C29H30N2O2. The molecular weight excluding hydrogens is 408 g/mol. The lowest BCUT2D eigenvalue weighted by molar-refractivity contribution is 0.132. The number of hydrogen-bond donors (Lipinski definition) is 0. The molecule has 4 nitrogen and oxygen atoms in total. The van der Waals surface area contributed by atoms with Gasteiger partial charge in [0.2, 0.25) is 0 Å². The van der Waals surface area contributed by atoms with Gasteiger partial charge in [0.1, 0.15) is 11.3 Å². The molecule has 4 heteroatoms. The highest BCUT2D eigenvalue weighted by Crippen LogP contribution is 2.32. The van der Waals surface area contributed by atoms with Crippen LogP contribution in [0, 0.1) is 6.92 Å². The molecule has 1 aromatic heterocycles. The standard InChI is InChI=1S/C29H30N2O2/c1-3-30-14-16-31(17-15-30)20-22-12-13-28-26(18-22)27(32)19-29(33-28)25-11-7-10-24(21(25)2)23-8-5-4-6-9-23/h4-13,18-19H,3,14-17,20H2,1-2H3. The maximum atomic E-state index is 13.1. The van der Waals surface area contributed by atoms with E-state index >= 15 is 0 Å². The summed E-state index contributed by atoms with van der Waals surface area (Å²) in [7, 11) is 0. The van der Waals surface area contributed by atoms with Gasteiger partial charge in [-0.05, 0) is 47.9 Å². The van der Waals surface area contributed by atoms with Crippen molar-refractivity contribution in [3.8, 4) is 22.5 Å². The van der Waals surface area contributed by atoms with Gasteiger partial charge in [0.05, 0.1) is 5.39 Å². The van der Waals surface area contributed by atoms with Crippen molar-refractivity contribution in [1.29, 1.82) is 0 Å². The quantitative estimate of drug-likeness (QED) is 0.408. The van der Waals surface area contributed by atoms with E-state index in [1.54, 1.807) is 6.07 Å². The van der Waals surface area contributed by atoms with Gasteiger partial charge in [0.25, 0.3) is 0 Å². The monoisotopic (exact) mass is 438 g/mol. The Kier molecular flexibility index (Phi) is 6.12. The van der Waals surface area contributed by atoms with Gasteiger partial charge in [-0.2, -0.15) is 0 Å². The van der Waals surface area contributed by atoms with Crippen LogP contribution in [0.2, 0.25) is 0 Å². The minimum atomic E-state index is 0.00779. The van der Waals surface area contributed by atoms with Gasteiger partial charge >= 0.3 is 0 Å². The SMILES string of the molecule is CCN1CCN(Cc2ccc3oc(-c4cccc(-c5ccccc5)c4C)cc(=O)c3c2)CC1. The molecule has 0 unspecified atom stereocenters. The predicted octanol–water partition coefficient (Wildman–Crippen LogP) is 5.57. The minimum absolute atomic E-state index is 0.00779. The summed E-state index contributed by atoms with van der Waals surface area (Å²) in [5.41, 5.74) is 6.17. The van der Waals surface area contributed by atoms with Crippen LogP contribution in [0.25, 0.3) is 33.4 Å². The van der Waals surface area contributed by atoms with Crippen LogP contribution in [-0.2, 0) is 6.54 Å². The third-order valence-electron chi connectivity index (χ3n) is 6.79. The van der Waals surface area contributed by atoms with E-state index in [0.29, 0.717) is 16.7 Å². The van der Waals surface area contributed by atoms with E-state index in [2.05, 4.69) is 47.9 Å². The summed E-state index contributed by atoms with van der Waals surface area (Å²) >= 11 is 0. The van der Waals surface area contributed by atoms with Crippen molar-refractivity contribution in [2.45, 2.75) is 20.4 Å². The second-order valence-corrected chi connectivity index (χ2v) is 8.86. The minimum Gasteiger partial charge on any atom is -0.456 e. The summed E-state index contributed by atoms with van der Waals surface area (Å²) < 4.78 is 6.25. The van der Waals surface area contributed by atoms with Crippen LogP contribution in [0.3, 0.4) is 0 Å². The average molecular weight is 439 g/mol. The number of rotatable bonds is 5. The van der Waals surface area contributed by atoms with E-state index in [9.17, 15) is 4.79 Å². The maximum Gasteiger partial charge on any atom is 0.193 e. The van der Waals surface area contributed by atoms with Gasteiger partial charge in [-0.1, -0.05) is 61.5 Å². The maximum absolute atomic E-state index is 13.1. The summed E-state index contributed by atoms with van der Waals surface area (Å²) in [6.45, 7) is 10.6. The largest absolute Gasteiger partial charge is 0.456 e. The zero-order valence-electron chi connectivity index (χ0n) is 19.4. The van der Waals surface area contributed by atoms with Crippen molar-refractivity contribution in [2.75, 3.05) is 32.7 Å². The Labute approximate surface area is 195 Å². The van der Waals surface area contributed by atoms with Crippen LogP contribution in [0.1, 0.15) is 18.1 Å². The molecule has 4 aromatic rings. The number of likely N-dealkylation sites (N-methyl/N-ethyl adjacent to an activating group) is 1. The van der Waals surface area contributed by atoms with Crippen molar-refractivity contribution in [1.82, 2.24) is 9.80 Å². The molecule has 33 heavy (non-hydrogen) atoms. The topological polar surface area (TPSA) is 36.7 Å². The molecule has 0 spiro atoms. The lowest BCUT2D eigenvalue weighted by Crippen LogP contribution is -2.45. The van der Waals surface area contributed by atoms with Crippen molar-refractivity contribution in [2.24, 2.45) is 0 Å². The third-order valence-corrected chi connectivity index (χ3v) is 6.79. The summed E-state index contributed by atoms with van der Waals surface area (Å²) in [5, 5.41) is 0.653. The molecule has 0 N–H and O–H groups in total. The second kappa shape index (κ2) is 9.34. The number of benzene rings is 3. The van der Waals surface area contributed by atoms with Gasteiger partial charge in [0.15, 0.2) is 5.43 Å². The normalized spacial score (nSPS) is 15.2.